The Bertz CT molecular complexity index is 1440. The van der Waals surface area contributed by atoms with E-state index in [1.165, 1.54) is 44.9 Å². The molecule has 0 bridgehead atoms. The molecule has 34 heavy (non-hydrogen) atoms. The van der Waals surface area contributed by atoms with Crippen LogP contribution in [0.5, 0.6) is 0 Å². The van der Waals surface area contributed by atoms with Crippen LogP contribution in [0.2, 0.25) is 0 Å². The van der Waals surface area contributed by atoms with E-state index in [0.29, 0.717) is 0 Å². The maximum atomic E-state index is 2.37. The molecular formula is C32H25N2+. The van der Waals surface area contributed by atoms with Crippen LogP contribution in [0.4, 0.5) is 17.1 Å². The van der Waals surface area contributed by atoms with Crippen molar-refractivity contribution in [1.82, 2.24) is 0 Å². The molecule has 0 aromatic heterocycles. The second kappa shape index (κ2) is 8.84. The highest BCUT2D eigenvalue weighted by Gasteiger charge is 2.25. The lowest BCUT2D eigenvalue weighted by Crippen LogP contribution is -2.31. The van der Waals surface area contributed by atoms with Crippen molar-refractivity contribution in [2.45, 2.75) is 0 Å². The van der Waals surface area contributed by atoms with Crippen LogP contribution in [0, 0.1) is 0 Å². The molecule has 0 spiro atoms. The van der Waals surface area contributed by atoms with Gasteiger partial charge in [0.1, 0.15) is 0 Å². The molecule has 0 aliphatic carbocycles. The third-order valence-corrected chi connectivity index (χ3v) is 6.41. The van der Waals surface area contributed by atoms with E-state index in [0.717, 1.165) is 6.67 Å². The van der Waals surface area contributed by atoms with E-state index < -0.39 is 0 Å². The molecule has 2 heteroatoms. The lowest BCUT2D eigenvalue weighted by atomic mass is 10.0. The van der Waals surface area contributed by atoms with Crippen molar-refractivity contribution in [3.05, 3.63) is 139 Å². The van der Waals surface area contributed by atoms with Gasteiger partial charge in [0.15, 0.2) is 6.21 Å². The number of para-hydroxylation sites is 2. The van der Waals surface area contributed by atoms with Gasteiger partial charge in [0.25, 0.3) is 0 Å². The molecule has 0 radical (unpaired) electrons. The Kier molecular flexibility index (Phi) is 5.25. The Hall–Kier alpha value is -4.43. The van der Waals surface area contributed by atoms with Crippen LogP contribution >= 0.6 is 0 Å². The molecule has 5 aromatic rings. The van der Waals surface area contributed by atoms with Gasteiger partial charge in [0.05, 0.1) is 11.3 Å². The Morgan fingerprint density at radius 3 is 1.62 bits per heavy atom. The lowest BCUT2D eigenvalue weighted by Gasteiger charge is -2.27. The van der Waals surface area contributed by atoms with Crippen molar-refractivity contribution >= 4 is 23.3 Å². The van der Waals surface area contributed by atoms with Crippen molar-refractivity contribution < 1.29 is 4.58 Å². The van der Waals surface area contributed by atoms with E-state index in [2.05, 4.69) is 149 Å². The summed E-state index contributed by atoms with van der Waals surface area (Å²) in [5.41, 5.74) is 9.77. The number of hydrogen-bond acceptors (Lipinski definition) is 1. The molecule has 0 amide bonds. The van der Waals surface area contributed by atoms with Crippen molar-refractivity contribution in [3.8, 4) is 22.3 Å². The molecule has 0 saturated carbocycles. The van der Waals surface area contributed by atoms with Gasteiger partial charge in [-0.25, -0.2) is 0 Å². The van der Waals surface area contributed by atoms with Crippen LogP contribution < -0.4 is 4.90 Å². The minimum absolute atomic E-state index is 0.770. The summed E-state index contributed by atoms with van der Waals surface area (Å²) < 4.78 is 2.32. The topological polar surface area (TPSA) is 6.25 Å². The summed E-state index contributed by atoms with van der Waals surface area (Å²) in [6.45, 7) is 0.770. The molecule has 162 valence electrons. The molecule has 0 unspecified atom stereocenters. The summed E-state index contributed by atoms with van der Waals surface area (Å²) in [4.78, 5) is 2.37. The zero-order valence-electron chi connectivity index (χ0n) is 18.9. The Morgan fingerprint density at radius 2 is 0.971 bits per heavy atom. The van der Waals surface area contributed by atoms with Crippen molar-refractivity contribution in [2.24, 2.45) is 0 Å². The normalized spacial score (nSPS) is 12.7. The predicted octanol–water partition coefficient (Wildman–Crippen LogP) is 7.89. The summed E-state index contributed by atoms with van der Waals surface area (Å²) in [7, 11) is 0. The van der Waals surface area contributed by atoms with E-state index in [9.17, 15) is 0 Å². The quantitative estimate of drug-likeness (QED) is 0.259. The SMILES string of the molecule is C1=[N+](c2ccc(-c3ccc(-c4ccccc4)cc3)cc2)CN(c2ccccc2)c2ccccc21. The average Bonchev–Trinajstić information content (AvgIpc) is 2.93. The monoisotopic (exact) mass is 437 g/mol. The van der Waals surface area contributed by atoms with Gasteiger partial charge in [-0.1, -0.05) is 84.9 Å². The van der Waals surface area contributed by atoms with E-state index in [4.69, 9.17) is 0 Å². The minimum Gasteiger partial charge on any atom is -0.285 e. The van der Waals surface area contributed by atoms with Gasteiger partial charge in [0.2, 0.25) is 12.4 Å². The Balaban J connectivity index is 1.29. The summed E-state index contributed by atoms with van der Waals surface area (Å²) in [5, 5.41) is 0. The van der Waals surface area contributed by atoms with Crippen LogP contribution in [0.1, 0.15) is 5.56 Å². The molecule has 2 nitrogen and oxygen atoms in total. The number of hydrogen-bond donors (Lipinski definition) is 0. The maximum absolute atomic E-state index is 2.37. The molecule has 0 saturated heterocycles. The molecule has 0 fully saturated rings. The standard InChI is InChI=1S/C32H25N2/c1-3-9-25(10-4-1)26-15-17-27(18-16-26)28-19-21-30(22-20-28)33-23-29-11-7-8-14-32(29)34(24-33)31-12-5-2-6-13-31/h1-23H,24H2/q+1. The number of benzene rings is 5. The summed E-state index contributed by atoms with van der Waals surface area (Å²) in [5.74, 6) is 0. The number of anilines is 2. The number of nitrogens with zero attached hydrogens (tertiary/aromatic N) is 2. The highest BCUT2D eigenvalue weighted by molar-refractivity contribution is 5.89. The zero-order chi connectivity index (χ0) is 22.7. The number of fused-ring (bicyclic) bond motifs is 1. The molecule has 5 aromatic carbocycles. The Morgan fingerprint density at radius 1 is 0.471 bits per heavy atom. The molecule has 0 atom stereocenters. The second-order valence-electron chi connectivity index (χ2n) is 8.55. The maximum Gasteiger partial charge on any atom is 0.228 e. The van der Waals surface area contributed by atoms with Crippen LogP contribution in [0.25, 0.3) is 22.3 Å². The molecule has 0 N–H and O–H groups in total. The summed E-state index contributed by atoms with van der Waals surface area (Å²) in [6, 6.07) is 47.4. The molecular weight excluding hydrogens is 412 g/mol. The Labute approximate surface area is 200 Å². The molecule has 1 aliphatic rings. The fourth-order valence-corrected chi connectivity index (χ4v) is 4.60. The van der Waals surface area contributed by atoms with Crippen molar-refractivity contribution in [1.29, 1.82) is 0 Å². The van der Waals surface area contributed by atoms with Gasteiger partial charge in [0, 0.05) is 17.8 Å². The summed E-state index contributed by atoms with van der Waals surface area (Å²) >= 11 is 0. The van der Waals surface area contributed by atoms with Crippen molar-refractivity contribution in [3.63, 3.8) is 0 Å². The first-order valence-electron chi connectivity index (χ1n) is 11.6. The molecule has 1 aliphatic heterocycles. The van der Waals surface area contributed by atoms with Gasteiger partial charge in [-0.2, -0.15) is 4.58 Å². The average molecular weight is 438 g/mol. The second-order valence-corrected chi connectivity index (χ2v) is 8.55. The smallest absolute Gasteiger partial charge is 0.228 e. The first-order chi connectivity index (χ1) is 16.8. The fourth-order valence-electron chi connectivity index (χ4n) is 4.60. The zero-order valence-corrected chi connectivity index (χ0v) is 18.9. The van der Waals surface area contributed by atoms with Gasteiger partial charge >= 0.3 is 0 Å². The minimum atomic E-state index is 0.770. The lowest BCUT2D eigenvalue weighted by molar-refractivity contribution is -0.434. The molecule has 1 heterocycles. The van der Waals surface area contributed by atoms with Crippen molar-refractivity contribution in [2.75, 3.05) is 11.6 Å². The van der Waals surface area contributed by atoms with Gasteiger partial charge in [-0.3, -0.25) is 4.90 Å². The van der Waals surface area contributed by atoms with Crippen LogP contribution in [0.3, 0.4) is 0 Å². The third kappa shape index (κ3) is 3.91. The highest BCUT2D eigenvalue weighted by atomic mass is 15.3. The summed E-state index contributed by atoms with van der Waals surface area (Å²) in [6.07, 6.45) is 2.25. The van der Waals surface area contributed by atoms with Crippen LogP contribution in [-0.4, -0.2) is 17.5 Å². The van der Waals surface area contributed by atoms with E-state index >= 15 is 0 Å². The number of rotatable bonds is 4. The van der Waals surface area contributed by atoms with Gasteiger partial charge in [-0.05, 0) is 58.7 Å². The largest absolute Gasteiger partial charge is 0.285 e. The van der Waals surface area contributed by atoms with E-state index in [-0.39, 0.29) is 0 Å². The molecule has 6 rings (SSSR count). The van der Waals surface area contributed by atoms with Gasteiger partial charge in [-0.15, -0.1) is 0 Å². The highest BCUT2D eigenvalue weighted by Crippen LogP contribution is 2.32. The van der Waals surface area contributed by atoms with E-state index in [1.807, 2.05) is 0 Å². The first-order valence-corrected chi connectivity index (χ1v) is 11.6. The van der Waals surface area contributed by atoms with Crippen LogP contribution in [-0.2, 0) is 0 Å². The predicted molar refractivity (Wildman–Crippen MR) is 142 cm³/mol. The van der Waals surface area contributed by atoms with E-state index in [1.54, 1.807) is 0 Å². The third-order valence-electron chi connectivity index (χ3n) is 6.41. The fraction of sp³-hybridized carbons (Fsp3) is 0.0312. The van der Waals surface area contributed by atoms with Crippen LogP contribution in [0.15, 0.2) is 133 Å². The first kappa shape index (κ1) is 20.2. The van der Waals surface area contributed by atoms with Gasteiger partial charge < -0.3 is 0 Å².